The van der Waals surface area contributed by atoms with Crippen molar-refractivity contribution < 1.29 is 14.6 Å². The zero-order valence-corrected chi connectivity index (χ0v) is 10.0. The molecule has 0 aliphatic rings. The van der Waals surface area contributed by atoms with Gasteiger partial charge in [0.25, 0.3) is 0 Å². The number of hydrogen-bond acceptors (Lipinski definition) is 3. The molecule has 0 spiro atoms. The summed E-state index contributed by atoms with van der Waals surface area (Å²) >= 11 is 6.18. The summed E-state index contributed by atoms with van der Waals surface area (Å²) in [7, 11) is 0. The third-order valence-corrected chi connectivity index (χ3v) is 2.63. The zero-order chi connectivity index (χ0) is 13.0. The average Bonchev–Trinajstić information content (AvgIpc) is 2.39. The van der Waals surface area contributed by atoms with Crippen molar-refractivity contribution in [3.05, 3.63) is 54.6 Å². The molecule has 0 unspecified atom stereocenters. The maximum absolute atomic E-state index is 10.6. The maximum Gasteiger partial charge on any atom is 0.511 e. The van der Waals surface area contributed by atoms with Crippen LogP contribution in [0.1, 0.15) is 0 Å². The molecule has 92 valence electrons. The second-order valence-corrected chi connectivity index (χ2v) is 3.79. The van der Waals surface area contributed by atoms with Crippen molar-refractivity contribution in [3.63, 3.8) is 0 Å². The van der Waals surface area contributed by atoms with Crippen molar-refractivity contribution in [3.8, 4) is 5.75 Å². The smallest absolute Gasteiger partial charge is 0.449 e. The van der Waals surface area contributed by atoms with Crippen molar-refractivity contribution in [2.75, 3.05) is 4.42 Å². The third-order valence-electron chi connectivity index (χ3n) is 2.26. The Morgan fingerprint density at radius 3 is 2.33 bits per heavy atom. The molecule has 0 saturated heterocycles. The first-order chi connectivity index (χ1) is 8.68. The Morgan fingerprint density at radius 1 is 1.06 bits per heavy atom. The van der Waals surface area contributed by atoms with E-state index in [1.54, 1.807) is 24.3 Å². The highest BCUT2D eigenvalue weighted by molar-refractivity contribution is 6.29. The van der Waals surface area contributed by atoms with Gasteiger partial charge in [-0.2, -0.15) is 0 Å². The van der Waals surface area contributed by atoms with E-state index in [1.165, 1.54) is 4.42 Å². The molecule has 2 aromatic rings. The highest BCUT2D eigenvalue weighted by Gasteiger charge is 2.13. The van der Waals surface area contributed by atoms with Crippen molar-refractivity contribution in [2.24, 2.45) is 0 Å². The van der Waals surface area contributed by atoms with E-state index in [0.717, 1.165) is 5.69 Å². The minimum absolute atomic E-state index is 0.184. The van der Waals surface area contributed by atoms with Gasteiger partial charge < -0.3 is 9.84 Å². The molecule has 0 radical (unpaired) electrons. The van der Waals surface area contributed by atoms with Gasteiger partial charge in [-0.15, -0.1) is 0 Å². The van der Waals surface area contributed by atoms with E-state index < -0.39 is 6.16 Å². The number of benzene rings is 2. The van der Waals surface area contributed by atoms with E-state index in [4.69, 9.17) is 16.9 Å². The number of carboxylic acid groups (broad SMARTS) is 1. The normalized spacial score (nSPS) is 9.83. The van der Waals surface area contributed by atoms with Crippen LogP contribution in [-0.2, 0) is 0 Å². The predicted octanol–water partition coefficient (Wildman–Crippen LogP) is 4.04. The first kappa shape index (κ1) is 12.3. The lowest BCUT2D eigenvalue weighted by Crippen LogP contribution is -2.08. The number of nitrogens with zero attached hydrogens (tertiary/aromatic N) is 1. The Bertz CT molecular complexity index is 545. The molecular weight excluding hydrogens is 254 g/mol. The van der Waals surface area contributed by atoms with Gasteiger partial charge in [-0.25, -0.2) is 9.21 Å². The number of para-hydroxylation sites is 3. The Hall–Kier alpha value is -2.20. The second-order valence-electron chi connectivity index (χ2n) is 3.45. The van der Waals surface area contributed by atoms with Gasteiger partial charge in [0, 0.05) is 11.8 Å². The van der Waals surface area contributed by atoms with Crippen LogP contribution in [0.25, 0.3) is 0 Å². The highest BCUT2D eigenvalue weighted by atomic mass is 35.5. The van der Waals surface area contributed by atoms with E-state index in [9.17, 15) is 4.79 Å². The predicted molar refractivity (Wildman–Crippen MR) is 69.5 cm³/mol. The quantitative estimate of drug-likeness (QED) is 0.516. The number of rotatable bonds is 3. The molecule has 0 saturated carbocycles. The molecule has 0 heterocycles. The number of carbonyl (C=O) groups is 1. The van der Waals surface area contributed by atoms with Crippen molar-refractivity contribution in [1.29, 1.82) is 0 Å². The molecule has 0 amide bonds. The molecule has 2 aromatic carbocycles. The van der Waals surface area contributed by atoms with Crippen LogP contribution in [0.4, 0.5) is 16.2 Å². The van der Waals surface area contributed by atoms with Gasteiger partial charge in [-0.1, -0.05) is 30.3 Å². The fraction of sp³-hybridized carbons (Fsp3) is 0. The standard InChI is InChI=1S/C13H10ClNO3/c14-15(10-6-2-1-3-7-10)11-8-4-5-9-12(11)18-13(16)17/h1-9H,(H,16,17). The molecule has 0 aromatic heterocycles. The Morgan fingerprint density at radius 2 is 1.67 bits per heavy atom. The number of halogens is 1. The summed E-state index contributed by atoms with van der Waals surface area (Å²) in [5.41, 5.74) is 1.19. The van der Waals surface area contributed by atoms with Crippen LogP contribution < -0.4 is 9.16 Å². The largest absolute Gasteiger partial charge is 0.511 e. The minimum Gasteiger partial charge on any atom is -0.449 e. The molecule has 0 fully saturated rings. The van der Waals surface area contributed by atoms with Crippen molar-refractivity contribution in [2.45, 2.75) is 0 Å². The molecule has 0 atom stereocenters. The van der Waals surface area contributed by atoms with E-state index in [-0.39, 0.29) is 5.75 Å². The van der Waals surface area contributed by atoms with E-state index in [0.29, 0.717) is 5.69 Å². The second kappa shape index (κ2) is 5.42. The van der Waals surface area contributed by atoms with Crippen LogP contribution in [0.3, 0.4) is 0 Å². The van der Waals surface area contributed by atoms with Crippen LogP contribution in [0.15, 0.2) is 54.6 Å². The molecule has 0 aliphatic heterocycles. The molecular formula is C13H10ClNO3. The number of anilines is 2. The highest BCUT2D eigenvalue weighted by Crippen LogP contribution is 2.35. The summed E-state index contributed by atoms with van der Waals surface area (Å²) in [4.78, 5) is 10.6. The zero-order valence-electron chi connectivity index (χ0n) is 9.29. The van der Waals surface area contributed by atoms with Crippen LogP contribution in [0, 0.1) is 0 Å². The van der Waals surface area contributed by atoms with Gasteiger partial charge in [0.05, 0.1) is 5.69 Å². The van der Waals surface area contributed by atoms with E-state index in [1.807, 2.05) is 30.3 Å². The van der Waals surface area contributed by atoms with Gasteiger partial charge in [-0.05, 0) is 24.3 Å². The lowest BCUT2D eigenvalue weighted by Gasteiger charge is -2.18. The topological polar surface area (TPSA) is 49.8 Å². The average molecular weight is 264 g/mol. The van der Waals surface area contributed by atoms with Crippen LogP contribution >= 0.6 is 11.8 Å². The Kier molecular flexibility index (Phi) is 3.69. The lowest BCUT2D eigenvalue weighted by atomic mass is 10.2. The van der Waals surface area contributed by atoms with E-state index in [2.05, 4.69) is 4.74 Å². The summed E-state index contributed by atoms with van der Waals surface area (Å²) in [6.45, 7) is 0. The van der Waals surface area contributed by atoms with E-state index >= 15 is 0 Å². The SMILES string of the molecule is O=C(O)Oc1ccccc1N(Cl)c1ccccc1. The van der Waals surface area contributed by atoms with Crippen molar-refractivity contribution in [1.82, 2.24) is 0 Å². The number of ether oxygens (including phenoxy) is 1. The first-order valence-corrected chi connectivity index (χ1v) is 5.53. The van der Waals surface area contributed by atoms with Crippen LogP contribution in [-0.4, -0.2) is 11.3 Å². The third kappa shape index (κ3) is 2.73. The summed E-state index contributed by atoms with van der Waals surface area (Å²) in [5.74, 6) is 0.184. The van der Waals surface area contributed by atoms with Crippen molar-refractivity contribution >= 4 is 29.3 Å². The summed E-state index contributed by atoms with van der Waals surface area (Å²) in [5, 5.41) is 8.66. The fourth-order valence-electron chi connectivity index (χ4n) is 1.50. The Labute approximate surface area is 109 Å². The maximum atomic E-state index is 10.6. The summed E-state index contributed by atoms with van der Waals surface area (Å²) in [6, 6.07) is 15.8. The van der Waals surface area contributed by atoms with Gasteiger partial charge in [-0.3, -0.25) is 0 Å². The van der Waals surface area contributed by atoms with Crippen LogP contribution in [0.5, 0.6) is 5.75 Å². The first-order valence-electron chi connectivity index (χ1n) is 5.19. The molecule has 5 heteroatoms. The monoisotopic (exact) mass is 263 g/mol. The molecule has 0 aliphatic carbocycles. The van der Waals surface area contributed by atoms with Gasteiger partial charge in [0.1, 0.15) is 5.69 Å². The summed E-state index contributed by atoms with van der Waals surface area (Å²) in [6.07, 6.45) is -1.37. The molecule has 2 rings (SSSR count). The molecule has 18 heavy (non-hydrogen) atoms. The summed E-state index contributed by atoms with van der Waals surface area (Å²) < 4.78 is 6.02. The van der Waals surface area contributed by atoms with Gasteiger partial charge >= 0.3 is 6.16 Å². The molecule has 1 N–H and O–H groups in total. The Balaban J connectivity index is 2.36. The fourth-order valence-corrected chi connectivity index (χ4v) is 1.75. The van der Waals surface area contributed by atoms with Gasteiger partial charge in [0.2, 0.25) is 0 Å². The molecule has 4 nitrogen and oxygen atoms in total. The molecule has 0 bridgehead atoms. The minimum atomic E-state index is -1.37. The van der Waals surface area contributed by atoms with Crippen LogP contribution in [0.2, 0.25) is 0 Å². The van der Waals surface area contributed by atoms with Gasteiger partial charge in [0.15, 0.2) is 5.75 Å². The lowest BCUT2D eigenvalue weighted by molar-refractivity contribution is 0.144. The number of hydrogen-bond donors (Lipinski definition) is 1.